The third-order valence-electron chi connectivity index (χ3n) is 8.80. The fraction of sp³-hybridized carbons (Fsp3) is 0.571. The summed E-state index contributed by atoms with van der Waals surface area (Å²) in [6.45, 7) is 0.577. The Bertz CT molecular complexity index is 1560. The zero-order valence-corrected chi connectivity index (χ0v) is 31.2. The van der Waals surface area contributed by atoms with Gasteiger partial charge >= 0.3 is 0 Å². The van der Waals surface area contributed by atoms with Gasteiger partial charge in [-0.25, -0.2) is 21.7 Å². The van der Waals surface area contributed by atoms with Crippen LogP contribution in [0.5, 0.6) is 0 Å². The Labute approximate surface area is 322 Å². The van der Waals surface area contributed by atoms with Crippen molar-refractivity contribution < 1.29 is 58.5 Å². The molecule has 56 heavy (non-hydrogen) atoms. The summed E-state index contributed by atoms with van der Waals surface area (Å²) in [5.74, 6) is -9.19. The van der Waals surface area contributed by atoms with E-state index in [1.54, 1.807) is 30.3 Å². The summed E-state index contributed by atoms with van der Waals surface area (Å²) < 4.78 is 0. The lowest BCUT2D eigenvalue weighted by Gasteiger charge is -2.27. The van der Waals surface area contributed by atoms with Crippen LogP contribution in [-0.4, -0.2) is 136 Å². The van der Waals surface area contributed by atoms with E-state index in [1.165, 1.54) is 6.92 Å². The van der Waals surface area contributed by atoms with Gasteiger partial charge in [0.25, 0.3) is 0 Å². The minimum atomic E-state index is -1.96. The number of primary amides is 1. The number of aliphatic hydroxyl groups excluding tert-OH is 3. The molecule has 0 bridgehead atoms. The van der Waals surface area contributed by atoms with E-state index in [9.17, 15) is 58.5 Å². The number of aliphatic hydroxyl groups is 3. The molecule has 1 aliphatic rings. The van der Waals surface area contributed by atoms with Gasteiger partial charge in [-0.2, -0.15) is 0 Å². The number of nitrogens with one attached hydrogen (secondary N) is 7. The standard InChI is InChI=1S/C35H53N9O12/c1-18(47)23(14-20-8-4-3-5-9-20)42-43-25(16-45)32(53)30(51)22-11-12-28(50)38-13-7-6-10-21(36)34(55)39-24(15-27(37)49)31(52)33(54)29(19(2)48)40-35(56)26(17-46)44-41-22/h3-5,8-9,19,21-26,29,41-46,48H,6-7,10-17,36H2,1-2H3,(H2,37,49)(H,38,50)(H,39,55)(H,40,56)/t19-,21?,22?,23+,24+,25+,26+,29+/m1/s1. The highest BCUT2D eigenvalue weighted by Crippen LogP contribution is 2.08. The van der Waals surface area contributed by atoms with Crippen molar-refractivity contribution in [3.05, 3.63) is 35.9 Å². The smallest absolute Gasteiger partial charge is 0.241 e. The third kappa shape index (κ3) is 15.3. The molecule has 0 radical (unpaired) electrons. The number of carbonyl (C=O) groups is 9. The summed E-state index contributed by atoms with van der Waals surface area (Å²) in [6.07, 6.45) is -2.32. The topological polar surface area (TPSA) is 351 Å². The van der Waals surface area contributed by atoms with Crippen molar-refractivity contribution in [1.82, 2.24) is 37.7 Å². The quantitative estimate of drug-likeness (QED) is 0.0617. The number of ketones is 5. The first-order valence-corrected chi connectivity index (χ1v) is 18.0. The van der Waals surface area contributed by atoms with Gasteiger partial charge in [0.2, 0.25) is 46.8 Å². The molecule has 1 aliphatic heterocycles. The van der Waals surface area contributed by atoms with Crippen molar-refractivity contribution in [1.29, 1.82) is 0 Å². The van der Waals surface area contributed by atoms with E-state index in [-0.39, 0.29) is 38.0 Å². The molecular weight excluding hydrogens is 738 g/mol. The van der Waals surface area contributed by atoms with E-state index in [0.29, 0.717) is 12.8 Å². The molecule has 14 N–H and O–H groups in total. The number of carbonyl (C=O) groups excluding carboxylic acids is 9. The van der Waals surface area contributed by atoms with Gasteiger partial charge in [-0.1, -0.05) is 30.3 Å². The molecule has 21 nitrogen and oxygen atoms in total. The molecule has 4 amide bonds. The SMILES string of the molecule is CC(=O)[C@H](Cc1ccccc1)NN[C@@H](CO)C(=O)C(=O)C1CCC(=O)NCCCCC(N)C(=O)N[C@@H](CC(N)=O)C(=O)C(=O)[C@H]([C@@H](C)O)NC(=O)[C@H](CO)NN1. The van der Waals surface area contributed by atoms with Crippen molar-refractivity contribution in [2.75, 3.05) is 19.8 Å². The van der Waals surface area contributed by atoms with Crippen LogP contribution in [0.25, 0.3) is 0 Å². The lowest BCUT2D eigenvalue weighted by atomic mass is 9.96. The number of amides is 4. The Balaban J connectivity index is 2.35. The van der Waals surface area contributed by atoms with E-state index in [4.69, 9.17) is 11.5 Å². The van der Waals surface area contributed by atoms with Crippen molar-refractivity contribution in [2.24, 2.45) is 11.5 Å². The van der Waals surface area contributed by atoms with Crippen molar-refractivity contribution in [2.45, 2.75) is 107 Å². The van der Waals surface area contributed by atoms with Crippen LogP contribution in [0, 0.1) is 0 Å². The number of hydrogen-bond donors (Lipinski definition) is 12. The number of Topliss-reactive ketones (excluding diaryl/α,β-unsaturated/α-hetero) is 5. The number of hydrogen-bond acceptors (Lipinski definition) is 17. The van der Waals surface area contributed by atoms with Gasteiger partial charge in [0.05, 0.1) is 43.9 Å². The molecule has 310 valence electrons. The van der Waals surface area contributed by atoms with E-state index in [0.717, 1.165) is 12.5 Å². The number of nitrogens with two attached hydrogens (primary N) is 2. The minimum Gasteiger partial charge on any atom is -0.394 e. The normalized spacial score (nSPS) is 24.3. The first-order valence-electron chi connectivity index (χ1n) is 18.0. The summed E-state index contributed by atoms with van der Waals surface area (Å²) in [6, 6.07) is -1.76. The first kappa shape index (κ1) is 47.3. The lowest BCUT2D eigenvalue weighted by Crippen LogP contribution is -2.62. The van der Waals surface area contributed by atoms with Crippen LogP contribution in [0.2, 0.25) is 0 Å². The Morgan fingerprint density at radius 2 is 1.54 bits per heavy atom. The lowest BCUT2D eigenvalue weighted by molar-refractivity contribution is -0.143. The first-order chi connectivity index (χ1) is 26.5. The molecule has 0 saturated carbocycles. The second kappa shape index (κ2) is 23.9. The molecule has 0 aromatic heterocycles. The van der Waals surface area contributed by atoms with Gasteiger partial charge in [-0.05, 0) is 51.5 Å². The second-order valence-corrected chi connectivity index (χ2v) is 13.4. The molecule has 1 aromatic carbocycles. The van der Waals surface area contributed by atoms with Crippen molar-refractivity contribution in [3.63, 3.8) is 0 Å². The largest absolute Gasteiger partial charge is 0.394 e. The summed E-state index contributed by atoms with van der Waals surface area (Å²) in [4.78, 5) is 116. The summed E-state index contributed by atoms with van der Waals surface area (Å²) in [5, 5.41) is 37.4. The summed E-state index contributed by atoms with van der Waals surface area (Å²) >= 11 is 0. The summed E-state index contributed by atoms with van der Waals surface area (Å²) in [7, 11) is 0. The molecule has 2 unspecified atom stereocenters. The van der Waals surface area contributed by atoms with Gasteiger partial charge in [0, 0.05) is 13.0 Å². The molecule has 1 saturated heterocycles. The molecule has 21 heteroatoms. The second-order valence-electron chi connectivity index (χ2n) is 13.4. The average Bonchev–Trinajstić information content (AvgIpc) is 3.16. The van der Waals surface area contributed by atoms with Gasteiger partial charge in [-0.15, -0.1) is 0 Å². The Hall–Kier alpha value is -4.87. The Kier molecular flexibility index (Phi) is 20.2. The zero-order valence-electron chi connectivity index (χ0n) is 31.2. The van der Waals surface area contributed by atoms with Crippen molar-refractivity contribution >= 4 is 52.5 Å². The number of benzene rings is 1. The van der Waals surface area contributed by atoms with Crippen LogP contribution in [0.15, 0.2) is 30.3 Å². The van der Waals surface area contributed by atoms with E-state index in [2.05, 4.69) is 37.7 Å². The average molecular weight is 792 g/mol. The predicted octanol–water partition coefficient (Wildman–Crippen LogP) is -5.62. The van der Waals surface area contributed by atoms with Crippen LogP contribution in [0.1, 0.15) is 57.9 Å². The molecule has 1 heterocycles. The minimum absolute atomic E-state index is 0.0602. The highest BCUT2D eigenvalue weighted by molar-refractivity contribution is 6.42. The number of hydrazine groups is 2. The van der Waals surface area contributed by atoms with Crippen LogP contribution < -0.4 is 49.1 Å². The fourth-order valence-corrected chi connectivity index (χ4v) is 5.43. The molecule has 8 atom stereocenters. The molecule has 1 aromatic rings. The van der Waals surface area contributed by atoms with Gasteiger partial charge in [0.15, 0.2) is 0 Å². The van der Waals surface area contributed by atoms with Crippen LogP contribution in [-0.2, 0) is 49.6 Å². The zero-order chi connectivity index (χ0) is 41.9. The van der Waals surface area contributed by atoms with Crippen LogP contribution >= 0.6 is 0 Å². The Morgan fingerprint density at radius 3 is 2.12 bits per heavy atom. The van der Waals surface area contributed by atoms with Crippen molar-refractivity contribution in [3.8, 4) is 0 Å². The summed E-state index contributed by atoms with van der Waals surface area (Å²) in [5.41, 5.74) is 22.0. The maximum atomic E-state index is 13.6. The highest BCUT2D eigenvalue weighted by atomic mass is 16.3. The van der Waals surface area contributed by atoms with Gasteiger partial charge < -0.3 is 42.7 Å². The molecule has 0 spiro atoms. The predicted molar refractivity (Wildman–Crippen MR) is 196 cm³/mol. The van der Waals surface area contributed by atoms with Crippen LogP contribution in [0.4, 0.5) is 0 Å². The van der Waals surface area contributed by atoms with Crippen LogP contribution in [0.3, 0.4) is 0 Å². The third-order valence-corrected chi connectivity index (χ3v) is 8.80. The highest BCUT2D eigenvalue weighted by Gasteiger charge is 2.38. The number of rotatable bonds is 14. The van der Waals surface area contributed by atoms with E-state index >= 15 is 0 Å². The van der Waals surface area contributed by atoms with Gasteiger partial charge in [0.1, 0.15) is 30.0 Å². The molecule has 1 fully saturated rings. The van der Waals surface area contributed by atoms with E-state index in [1.807, 2.05) is 0 Å². The maximum absolute atomic E-state index is 13.6. The monoisotopic (exact) mass is 791 g/mol. The maximum Gasteiger partial charge on any atom is 0.241 e. The van der Waals surface area contributed by atoms with E-state index < -0.39 is 115 Å². The van der Waals surface area contributed by atoms with Gasteiger partial charge in [-0.3, -0.25) is 43.2 Å². The fourth-order valence-electron chi connectivity index (χ4n) is 5.43. The molecule has 0 aliphatic carbocycles. The molecular formula is C35H53N9O12. The Morgan fingerprint density at radius 1 is 0.875 bits per heavy atom. The molecule has 2 rings (SSSR count).